The Morgan fingerprint density at radius 1 is 1.54 bits per heavy atom. The van der Waals surface area contributed by atoms with Gasteiger partial charge in [-0.1, -0.05) is 29.8 Å². The maximum Gasteiger partial charge on any atom is 0.239 e. The highest BCUT2D eigenvalue weighted by molar-refractivity contribution is 6.31. The van der Waals surface area contributed by atoms with E-state index in [1.807, 2.05) is 0 Å². The third-order valence-corrected chi connectivity index (χ3v) is 1.97. The van der Waals surface area contributed by atoms with Crippen LogP contribution in [0.1, 0.15) is 11.5 Å². The van der Waals surface area contributed by atoms with Gasteiger partial charge in [0.25, 0.3) is 0 Å². The standard InChI is InChI=1S/C9H7ClN2O/c10-8-4-2-1-3-6(8)7(5-11)9(12)13/h1-4,7H,(H2,12,13). The Kier molecular flexibility index (Phi) is 2.88. The molecule has 0 aromatic heterocycles. The minimum absolute atomic E-state index is 0.382. The fourth-order valence-electron chi connectivity index (χ4n) is 0.996. The molecule has 1 rings (SSSR count). The second-order valence-corrected chi connectivity index (χ2v) is 2.89. The van der Waals surface area contributed by atoms with Gasteiger partial charge in [0.15, 0.2) is 5.92 Å². The molecule has 0 aliphatic carbocycles. The van der Waals surface area contributed by atoms with Crippen molar-refractivity contribution < 1.29 is 4.79 Å². The van der Waals surface area contributed by atoms with Crippen molar-refractivity contribution in [3.8, 4) is 6.07 Å². The first-order chi connectivity index (χ1) is 6.16. The van der Waals surface area contributed by atoms with E-state index < -0.39 is 11.8 Å². The zero-order valence-corrected chi connectivity index (χ0v) is 7.45. The van der Waals surface area contributed by atoms with Crippen molar-refractivity contribution in [1.82, 2.24) is 0 Å². The van der Waals surface area contributed by atoms with Gasteiger partial charge in [0.2, 0.25) is 5.91 Å². The molecule has 0 radical (unpaired) electrons. The average molecular weight is 195 g/mol. The molecule has 3 nitrogen and oxygen atoms in total. The lowest BCUT2D eigenvalue weighted by molar-refractivity contribution is -0.118. The lowest BCUT2D eigenvalue weighted by Gasteiger charge is -2.06. The highest BCUT2D eigenvalue weighted by atomic mass is 35.5. The molecule has 0 spiro atoms. The van der Waals surface area contributed by atoms with Crippen LogP contribution in [0, 0.1) is 11.3 Å². The van der Waals surface area contributed by atoms with Crippen LogP contribution in [0.4, 0.5) is 0 Å². The topological polar surface area (TPSA) is 66.9 Å². The zero-order valence-electron chi connectivity index (χ0n) is 6.70. The fraction of sp³-hybridized carbons (Fsp3) is 0.111. The summed E-state index contributed by atoms with van der Waals surface area (Å²) in [7, 11) is 0. The van der Waals surface area contributed by atoms with E-state index in [9.17, 15) is 4.79 Å². The monoisotopic (exact) mass is 194 g/mol. The number of hydrogen-bond donors (Lipinski definition) is 1. The van der Waals surface area contributed by atoms with Gasteiger partial charge in [0.1, 0.15) is 0 Å². The molecule has 0 aliphatic heterocycles. The summed E-state index contributed by atoms with van der Waals surface area (Å²) in [5.74, 6) is -1.65. The third kappa shape index (κ3) is 1.98. The number of nitriles is 1. The van der Waals surface area contributed by atoms with Crippen LogP contribution >= 0.6 is 11.6 Å². The van der Waals surface area contributed by atoms with Crippen LogP contribution in [0.25, 0.3) is 0 Å². The van der Waals surface area contributed by atoms with E-state index in [4.69, 9.17) is 22.6 Å². The van der Waals surface area contributed by atoms with Gasteiger partial charge >= 0.3 is 0 Å². The Morgan fingerprint density at radius 2 is 2.15 bits per heavy atom. The number of amides is 1. The smallest absolute Gasteiger partial charge is 0.239 e. The maximum atomic E-state index is 10.8. The van der Waals surface area contributed by atoms with Crippen LogP contribution in [-0.4, -0.2) is 5.91 Å². The minimum Gasteiger partial charge on any atom is -0.368 e. The van der Waals surface area contributed by atoms with E-state index in [2.05, 4.69) is 0 Å². The fourth-order valence-corrected chi connectivity index (χ4v) is 1.24. The van der Waals surface area contributed by atoms with Crippen molar-refractivity contribution in [1.29, 1.82) is 5.26 Å². The van der Waals surface area contributed by atoms with Crippen LogP contribution in [-0.2, 0) is 4.79 Å². The van der Waals surface area contributed by atoms with Crippen molar-refractivity contribution >= 4 is 17.5 Å². The van der Waals surface area contributed by atoms with Gasteiger partial charge in [-0.25, -0.2) is 0 Å². The van der Waals surface area contributed by atoms with Crippen LogP contribution in [0.3, 0.4) is 0 Å². The Labute approximate surface area is 80.7 Å². The van der Waals surface area contributed by atoms with Crippen molar-refractivity contribution in [2.75, 3.05) is 0 Å². The van der Waals surface area contributed by atoms with Gasteiger partial charge in [0, 0.05) is 5.02 Å². The second-order valence-electron chi connectivity index (χ2n) is 2.49. The molecule has 1 aromatic rings. The summed E-state index contributed by atoms with van der Waals surface area (Å²) in [4.78, 5) is 10.8. The largest absolute Gasteiger partial charge is 0.368 e. The van der Waals surface area contributed by atoms with Gasteiger partial charge in [-0.2, -0.15) is 5.26 Å². The molecule has 13 heavy (non-hydrogen) atoms. The molecule has 0 saturated carbocycles. The van der Waals surface area contributed by atoms with E-state index in [0.717, 1.165) is 0 Å². The van der Waals surface area contributed by atoms with Gasteiger partial charge in [-0.05, 0) is 11.6 Å². The van der Waals surface area contributed by atoms with Crippen molar-refractivity contribution in [2.45, 2.75) is 5.92 Å². The number of nitrogens with two attached hydrogens (primary N) is 1. The maximum absolute atomic E-state index is 10.8. The van der Waals surface area contributed by atoms with Crippen molar-refractivity contribution in [3.05, 3.63) is 34.9 Å². The molecular weight excluding hydrogens is 188 g/mol. The Balaban J connectivity index is 3.14. The Morgan fingerprint density at radius 3 is 2.62 bits per heavy atom. The summed E-state index contributed by atoms with van der Waals surface area (Å²) in [6.45, 7) is 0. The predicted molar refractivity (Wildman–Crippen MR) is 49.0 cm³/mol. The molecule has 1 unspecified atom stereocenters. The molecular formula is C9H7ClN2O. The number of hydrogen-bond acceptors (Lipinski definition) is 2. The molecule has 0 fully saturated rings. The molecule has 4 heteroatoms. The predicted octanol–water partition coefficient (Wildman–Crippen LogP) is 1.43. The van der Waals surface area contributed by atoms with Gasteiger partial charge in [0.05, 0.1) is 6.07 Å². The number of primary amides is 1. The molecule has 2 N–H and O–H groups in total. The number of carbonyl (C=O) groups is 1. The van der Waals surface area contributed by atoms with E-state index in [-0.39, 0.29) is 0 Å². The lowest BCUT2D eigenvalue weighted by Crippen LogP contribution is -2.20. The van der Waals surface area contributed by atoms with E-state index in [1.165, 1.54) is 0 Å². The SMILES string of the molecule is N#CC(C(N)=O)c1ccccc1Cl. The molecule has 0 heterocycles. The summed E-state index contributed by atoms with van der Waals surface area (Å²) in [5, 5.41) is 9.05. The summed E-state index contributed by atoms with van der Waals surface area (Å²) in [6, 6.07) is 8.45. The zero-order chi connectivity index (χ0) is 9.84. The quantitative estimate of drug-likeness (QED) is 0.774. The number of carbonyl (C=O) groups excluding carboxylic acids is 1. The van der Waals surface area contributed by atoms with E-state index in [0.29, 0.717) is 10.6 Å². The second kappa shape index (κ2) is 3.92. The molecule has 1 aromatic carbocycles. The Bertz CT molecular complexity index is 370. The molecule has 0 bridgehead atoms. The van der Waals surface area contributed by atoms with Crippen molar-refractivity contribution in [2.24, 2.45) is 5.73 Å². The highest BCUT2D eigenvalue weighted by Crippen LogP contribution is 2.23. The minimum atomic E-state index is -0.964. The summed E-state index contributed by atoms with van der Waals surface area (Å²) >= 11 is 5.78. The van der Waals surface area contributed by atoms with Crippen LogP contribution < -0.4 is 5.73 Å². The molecule has 1 amide bonds. The number of halogens is 1. The van der Waals surface area contributed by atoms with Gasteiger partial charge in [-0.15, -0.1) is 0 Å². The van der Waals surface area contributed by atoms with E-state index >= 15 is 0 Å². The summed E-state index contributed by atoms with van der Waals surface area (Å²) < 4.78 is 0. The first-order valence-corrected chi connectivity index (χ1v) is 3.98. The van der Waals surface area contributed by atoms with Crippen LogP contribution in [0.2, 0.25) is 5.02 Å². The molecule has 0 aliphatic rings. The normalized spacial score (nSPS) is 11.7. The highest BCUT2D eigenvalue weighted by Gasteiger charge is 2.18. The lowest BCUT2D eigenvalue weighted by atomic mass is 10.0. The van der Waals surface area contributed by atoms with Crippen molar-refractivity contribution in [3.63, 3.8) is 0 Å². The first kappa shape index (κ1) is 9.56. The molecule has 66 valence electrons. The Hall–Kier alpha value is -1.53. The van der Waals surface area contributed by atoms with Crippen LogP contribution in [0.5, 0.6) is 0 Å². The average Bonchev–Trinajstić information content (AvgIpc) is 2.09. The van der Waals surface area contributed by atoms with Gasteiger partial charge < -0.3 is 5.73 Å². The number of nitrogens with zero attached hydrogens (tertiary/aromatic N) is 1. The van der Waals surface area contributed by atoms with Crippen LogP contribution in [0.15, 0.2) is 24.3 Å². The third-order valence-electron chi connectivity index (χ3n) is 1.63. The van der Waals surface area contributed by atoms with Gasteiger partial charge in [-0.3, -0.25) is 4.79 Å². The van der Waals surface area contributed by atoms with E-state index in [1.54, 1.807) is 30.3 Å². The summed E-state index contributed by atoms with van der Waals surface area (Å²) in [5.41, 5.74) is 5.49. The number of benzene rings is 1. The number of rotatable bonds is 2. The first-order valence-electron chi connectivity index (χ1n) is 3.60. The molecule has 0 saturated heterocycles. The molecule has 1 atom stereocenters. The summed E-state index contributed by atoms with van der Waals surface area (Å²) in [6.07, 6.45) is 0.